The predicted molar refractivity (Wildman–Crippen MR) is 117 cm³/mol. The van der Waals surface area contributed by atoms with Crippen LogP contribution in [0.1, 0.15) is 38.8 Å². The maximum Gasteiger partial charge on any atom is 0.164 e. The Morgan fingerprint density at radius 3 is 1.97 bits per heavy atom. The van der Waals surface area contributed by atoms with E-state index in [2.05, 4.69) is 41.0 Å². The Hall–Kier alpha value is -2.16. The van der Waals surface area contributed by atoms with Crippen LogP contribution in [0.4, 0.5) is 0 Å². The van der Waals surface area contributed by atoms with Crippen LogP contribution in [0.3, 0.4) is 0 Å². The van der Waals surface area contributed by atoms with E-state index in [1.54, 1.807) is 0 Å². The highest BCUT2D eigenvalue weighted by Gasteiger charge is 2.31. The van der Waals surface area contributed by atoms with Crippen molar-refractivity contribution in [1.82, 2.24) is 4.90 Å². The molecule has 3 rings (SSSR count). The summed E-state index contributed by atoms with van der Waals surface area (Å²) in [6, 6.07) is 20.5. The molecule has 0 radical (unpaired) electrons. The molecule has 1 fully saturated rings. The molecule has 2 aromatic carbocycles. The molecular weight excluding hydrogens is 362 g/mol. The first-order chi connectivity index (χ1) is 14.0. The normalized spacial score (nSPS) is 18.3. The van der Waals surface area contributed by atoms with Crippen molar-refractivity contribution in [3.05, 3.63) is 71.8 Å². The van der Waals surface area contributed by atoms with Gasteiger partial charge in [-0.3, -0.25) is 4.90 Å². The standard InChI is InChI=1S/C23H27NO3.C2H6/c1-23(2)26-18-22(27-23)14-13-21(25)17-24(15-19-9-5-3-6-10-19)16-20-11-7-4-8-12-20;1-2/h3-12,21-22,25H,15-18H2,1-2H3;1-2H3. The lowest BCUT2D eigenvalue weighted by Crippen LogP contribution is -2.31. The van der Waals surface area contributed by atoms with Crippen LogP contribution in [0.25, 0.3) is 0 Å². The Labute approximate surface area is 175 Å². The van der Waals surface area contributed by atoms with Crippen LogP contribution in [-0.2, 0) is 22.6 Å². The molecule has 29 heavy (non-hydrogen) atoms. The van der Waals surface area contributed by atoms with Gasteiger partial charge in [0.25, 0.3) is 0 Å². The zero-order chi connectivity index (χ0) is 21.1. The molecule has 2 unspecified atom stereocenters. The molecule has 1 heterocycles. The third-order valence-corrected chi connectivity index (χ3v) is 4.35. The fourth-order valence-corrected chi connectivity index (χ4v) is 3.11. The lowest BCUT2D eigenvalue weighted by atomic mass is 10.1. The summed E-state index contributed by atoms with van der Waals surface area (Å²) >= 11 is 0. The molecule has 2 aromatic rings. The summed E-state index contributed by atoms with van der Waals surface area (Å²) in [6.07, 6.45) is -1.03. The van der Waals surface area contributed by atoms with Gasteiger partial charge in [-0.05, 0) is 25.0 Å². The van der Waals surface area contributed by atoms with Gasteiger partial charge < -0.3 is 14.6 Å². The predicted octanol–water partition coefficient (Wildman–Crippen LogP) is 4.23. The van der Waals surface area contributed by atoms with Gasteiger partial charge in [-0.1, -0.05) is 86.4 Å². The monoisotopic (exact) mass is 395 g/mol. The molecule has 1 N–H and O–H groups in total. The summed E-state index contributed by atoms with van der Waals surface area (Å²) in [4.78, 5) is 2.21. The van der Waals surface area contributed by atoms with Crippen LogP contribution in [-0.4, -0.2) is 41.2 Å². The minimum absolute atomic E-state index is 0.286. The van der Waals surface area contributed by atoms with Gasteiger partial charge in [-0.25, -0.2) is 0 Å². The first kappa shape index (κ1) is 23.1. The minimum atomic E-state index is -0.746. The Morgan fingerprint density at radius 2 is 1.52 bits per heavy atom. The van der Waals surface area contributed by atoms with E-state index in [-0.39, 0.29) is 6.10 Å². The van der Waals surface area contributed by atoms with Gasteiger partial charge in [0.05, 0.1) is 6.61 Å². The van der Waals surface area contributed by atoms with Crippen molar-refractivity contribution in [3.63, 3.8) is 0 Å². The summed E-state index contributed by atoms with van der Waals surface area (Å²) in [6.45, 7) is 10.1. The highest BCUT2D eigenvalue weighted by Crippen LogP contribution is 2.21. The van der Waals surface area contributed by atoms with E-state index in [9.17, 15) is 5.11 Å². The van der Waals surface area contributed by atoms with Gasteiger partial charge in [0, 0.05) is 19.6 Å². The number of nitrogens with zero attached hydrogens (tertiary/aromatic N) is 1. The highest BCUT2D eigenvalue weighted by molar-refractivity contribution is 5.18. The van der Waals surface area contributed by atoms with E-state index in [1.807, 2.05) is 64.1 Å². The van der Waals surface area contributed by atoms with E-state index in [1.165, 1.54) is 11.1 Å². The van der Waals surface area contributed by atoms with Crippen molar-refractivity contribution in [2.45, 2.75) is 58.8 Å². The van der Waals surface area contributed by atoms with Crippen molar-refractivity contribution in [1.29, 1.82) is 0 Å². The number of aliphatic hydroxyl groups excluding tert-OH is 1. The van der Waals surface area contributed by atoms with Crippen molar-refractivity contribution >= 4 is 0 Å². The largest absolute Gasteiger partial charge is 0.379 e. The van der Waals surface area contributed by atoms with Gasteiger partial charge >= 0.3 is 0 Å². The van der Waals surface area contributed by atoms with Gasteiger partial charge in [-0.2, -0.15) is 0 Å². The van der Waals surface area contributed by atoms with Crippen molar-refractivity contribution < 1.29 is 14.6 Å². The maximum absolute atomic E-state index is 10.5. The van der Waals surface area contributed by atoms with Gasteiger partial charge in [0.2, 0.25) is 0 Å². The summed E-state index contributed by atoms with van der Waals surface area (Å²) in [5.41, 5.74) is 2.42. The highest BCUT2D eigenvalue weighted by atomic mass is 16.7. The molecule has 1 aliphatic rings. The lowest BCUT2D eigenvalue weighted by Gasteiger charge is -2.23. The molecule has 2 atom stereocenters. The van der Waals surface area contributed by atoms with Crippen LogP contribution in [0, 0.1) is 11.8 Å². The molecule has 0 aliphatic carbocycles. The van der Waals surface area contributed by atoms with E-state index in [0.717, 1.165) is 13.1 Å². The Bertz CT molecular complexity index is 723. The average molecular weight is 396 g/mol. The van der Waals surface area contributed by atoms with Gasteiger partial charge in [0.15, 0.2) is 5.79 Å². The number of ether oxygens (including phenoxy) is 2. The van der Waals surface area contributed by atoms with E-state index in [4.69, 9.17) is 9.47 Å². The summed E-state index contributed by atoms with van der Waals surface area (Å²) in [7, 11) is 0. The molecule has 156 valence electrons. The van der Waals surface area contributed by atoms with Crippen LogP contribution in [0.2, 0.25) is 0 Å². The molecule has 0 bridgehead atoms. The van der Waals surface area contributed by atoms with Crippen LogP contribution in [0.15, 0.2) is 60.7 Å². The number of rotatable bonds is 6. The van der Waals surface area contributed by atoms with E-state index in [0.29, 0.717) is 13.2 Å². The number of aliphatic hydroxyl groups is 1. The molecule has 0 amide bonds. The summed E-state index contributed by atoms with van der Waals surface area (Å²) < 4.78 is 11.2. The maximum atomic E-state index is 10.5. The van der Waals surface area contributed by atoms with Crippen LogP contribution >= 0.6 is 0 Å². The molecule has 0 aromatic heterocycles. The molecule has 4 heteroatoms. The van der Waals surface area contributed by atoms with Crippen LogP contribution < -0.4 is 0 Å². The van der Waals surface area contributed by atoms with Crippen molar-refractivity contribution in [2.24, 2.45) is 0 Å². The SMILES string of the molecule is CC.CC1(C)OCC(C#CC(O)CN(Cc2ccccc2)Cc2ccccc2)O1. The molecule has 0 spiro atoms. The third-order valence-electron chi connectivity index (χ3n) is 4.35. The number of hydrogen-bond donors (Lipinski definition) is 1. The van der Waals surface area contributed by atoms with Crippen molar-refractivity contribution in [2.75, 3.05) is 13.2 Å². The topological polar surface area (TPSA) is 41.9 Å². The second-order valence-electron chi connectivity index (χ2n) is 7.26. The molecule has 1 aliphatic heterocycles. The molecule has 4 nitrogen and oxygen atoms in total. The fourth-order valence-electron chi connectivity index (χ4n) is 3.11. The quantitative estimate of drug-likeness (QED) is 0.743. The Balaban J connectivity index is 0.00000145. The first-order valence-corrected chi connectivity index (χ1v) is 10.3. The lowest BCUT2D eigenvalue weighted by molar-refractivity contribution is -0.132. The first-order valence-electron chi connectivity index (χ1n) is 10.3. The van der Waals surface area contributed by atoms with Gasteiger partial charge in [-0.15, -0.1) is 0 Å². The van der Waals surface area contributed by atoms with Crippen LogP contribution in [0.5, 0.6) is 0 Å². The zero-order valence-electron chi connectivity index (χ0n) is 18.0. The zero-order valence-corrected chi connectivity index (χ0v) is 18.0. The summed E-state index contributed by atoms with van der Waals surface area (Å²) in [5, 5.41) is 10.5. The van der Waals surface area contributed by atoms with E-state index < -0.39 is 11.9 Å². The molecule has 0 saturated carbocycles. The smallest absolute Gasteiger partial charge is 0.164 e. The second kappa shape index (κ2) is 11.7. The van der Waals surface area contributed by atoms with Crippen molar-refractivity contribution in [3.8, 4) is 11.8 Å². The van der Waals surface area contributed by atoms with E-state index >= 15 is 0 Å². The minimum Gasteiger partial charge on any atom is -0.379 e. The number of benzene rings is 2. The number of hydrogen-bond acceptors (Lipinski definition) is 4. The fraction of sp³-hybridized carbons (Fsp3) is 0.440. The summed E-state index contributed by atoms with van der Waals surface area (Å²) in [5.74, 6) is 5.32. The van der Waals surface area contributed by atoms with Gasteiger partial charge in [0.1, 0.15) is 12.2 Å². The third kappa shape index (κ3) is 8.39. The molecule has 1 saturated heterocycles. The second-order valence-corrected chi connectivity index (χ2v) is 7.26. The Kier molecular flexibility index (Phi) is 9.37. The Morgan fingerprint density at radius 1 is 1.00 bits per heavy atom. The average Bonchev–Trinajstić information content (AvgIpc) is 3.08. The molecular formula is C25H33NO3.